The molecule has 65 heavy (non-hydrogen) atoms. The summed E-state index contributed by atoms with van der Waals surface area (Å²) < 4.78 is 38.4. The van der Waals surface area contributed by atoms with Crippen LogP contribution in [0.1, 0.15) is 59.1 Å². The molecule has 0 aliphatic carbocycles. The molecule has 0 aliphatic rings. The Labute approximate surface area is 394 Å². The summed E-state index contributed by atoms with van der Waals surface area (Å²) >= 11 is 0. The molecule has 0 atom stereocenters. The molecule has 0 saturated heterocycles. The van der Waals surface area contributed by atoms with Gasteiger partial charge in [0.2, 0.25) is 0 Å². The highest BCUT2D eigenvalue weighted by atomic mass is 28.5. The lowest BCUT2D eigenvalue weighted by Crippen LogP contribution is -2.74. The molecule has 6 nitrogen and oxygen atoms in total. The van der Waals surface area contributed by atoms with E-state index in [0.717, 1.165) is 29.6 Å². The molecule has 0 spiro atoms. The van der Waals surface area contributed by atoms with Gasteiger partial charge in [0.25, 0.3) is 8.32 Å². The van der Waals surface area contributed by atoms with Crippen LogP contribution in [0, 0.1) is 0 Å². The minimum Gasteiger partial charge on any atom is -0.403 e. The van der Waals surface area contributed by atoms with E-state index in [-0.39, 0.29) is 0 Å². The molecule has 0 radical (unpaired) electrons. The van der Waals surface area contributed by atoms with E-state index < -0.39 is 34.0 Å². The van der Waals surface area contributed by atoms with Crippen molar-refractivity contribution in [3.05, 3.63) is 194 Å². The lowest BCUT2D eigenvalue weighted by atomic mass is 10.2. The minimum absolute atomic E-state index is 0.559. The van der Waals surface area contributed by atoms with Crippen LogP contribution in [-0.2, 0) is 26.2 Å². The molecule has 0 amide bonds. The molecular formula is C55H70O6Si4. The van der Waals surface area contributed by atoms with Crippen molar-refractivity contribution in [3.8, 4) is 0 Å². The van der Waals surface area contributed by atoms with Gasteiger partial charge in [-0.15, -0.1) is 0 Å². The average molecular weight is 940 g/mol. The van der Waals surface area contributed by atoms with Crippen molar-refractivity contribution >= 4 is 77.3 Å². The molecule has 342 valence electrons. The molecule has 0 saturated carbocycles. The molecule has 0 unspecified atom stereocenters. The largest absolute Gasteiger partial charge is 0.500 e. The molecule has 0 aromatic heterocycles. The fourth-order valence-corrected chi connectivity index (χ4v) is 25.3. The fraction of sp³-hybridized carbons (Fsp3) is 0.273. The summed E-state index contributed by atoms with van der Waals surface area (Å²) in [5.41, 5.74) is 2.24. The summed E-state index contributed by atoms with van der Waals surface area (Å²) in [6.45, 7) is 23.0. The zero-order valence-electron chi connectivity index (χ0n) is 39.5. The van der Waals surface area contributed by atoms with Crippen molar-refractivity contribution in [3.63, 3.8) is 0 Å². The molecule has 10 heteroatoms. The highest BCUT2D eigenvalue weighted by Gasteiger charge is 2.52. The third-order valence-corrected chi connectivity index (χ3v) is 28.1. The van der Waals surface area contributed by atoms with E-state index in [9.17, 15) is 0 Å². The summed E-state index contributed by atoms with van der Waals surface area (Å²) in [5, 5.41) is 7.76. The van der Waals surface area contributed by atoms with Gasteiger partial charge in [-0.1, -0.05) is 209 Å². The third kappa shape index (κ3) is 12.7. The van der Waals surface area contributed by atoms with Crippen molar-refractivity contribution in [1.29, 1.82) is 0 Å². The van der Waals surface area contributed by atoms with Crippen LogP contribution < -0.4 is 31.1 Å². The molecule has 0 fully saturated rings. The Morgan fingerprint density at radius 3 is 1.17 bits per heavy atom. The van der Waals surface area contributed by atoms with Crippen LogP contribution in [-0.4, -0.2) is 67.0 Å². The Morgan fingerprint density at radius 2 is 0.769 bits per heavy atom. The fourth-order valence-electron chi connectivity index (χ4n) is 8.81. The van der Waals surface area contributed by atoms with Gasteiger partial charge in [0.1, 0.15) is 8.07 Å². The zero-order chi connectivity index (χ0) is 46.4. The maximum atomic E-state index is 7.30. The first-order valence-corrected chi connectivity index (χ1v) is 31.3. The molecule has 6 aromatic rings. The Hall–Kier alpha value is -4.57. The normalized spacial score (nSPS) is 12.0. The van der Waals surface area contributed by atoms with Crippen LogP contribution in [0.5, 0.6) is 0 Å². The van der Waals surface area contributed by atoms with E-state index in [1.165, 1.54) is 31.1 Å². The van der Waals surface area contributed by atoms with Crippen LogP contribution in [0.15, 0.2) is 183 Å². The van der Waals surface area contributed by atoms with Gasteiger partial charge in [0.15, 0.2) is 0 Å². The maximum Gasteiger partial charge on any atom is 0.500 e. The van der Waals surface area contributed by atoms with Gasteiger partial charge in [-0.25, -0.2) is 0 Å². The number of hydrogen-bond acceptors (Lipinski definition) is 6. The summed E-state index contributed by atoms with van der Waals surface area (Å²) in [6.07, 6.45) is 4.78. The standard InChI is InChI=1S/C29H38O3Si2.C26H32O3Si2/c1-5-26-17-15-22-29(25-26)33(27-18-11-9-12-19-27,28-20-13-10-14-21-28)23-16-24-34(30-6-2,31-7-3)32-8-4;1-5-23-19-21-26(22-20-23)31(24-15-11-9-12-16-24,25-17-13-10-14-18-25)29-30(8-4,27-6-2)28-7-3/h5,9-15,17-22,25H,1,6-8,16,23-24H2,2-4H3;5,9-22H,1,6-8H2,2-4H3. The van der Waals surface area contributed by atoms with Crippen molar-refractivity contribution < 1.29 is 26.2 Å². The number of benzene rings is 6. The van der Waals surface area contributed by atoms with Gasteiger partial charge in [-0.2, -0.15) is 0 Å². The number of hydrogen-bond donors (Lipinski definition) is 0. The molecule has 0 bridgehead atoms. The SMILES string of the molecule is C=Cc1ccc([Si](O[Si](CC)(OCC)OCC)(c2ccccc2)c2ccccc2)cc1.C=Cc1cccc([Si](CCC[Si](OCC)(OCC)OCC)(c2ccccc2)c2ccccc2)c1. The van der Waals surface area contributed by atoms with Gasteiger partial charge in [-0.05, 0) is 82.9 Å². The Kier molecular flexibility index (Phi) is 20.5. The van der Waals surface area contributed by atoms with Crippen molar-refractivity contribution in [2.75, 3.05) is 33.0 Å². The zero-order valence-corrected chi connectivity index (χ0v) is 43.5. The Morgan fingerprint density at radius 1 is 0.385 bits per heavy atom. The topological polar surface area (TPSA) is 55.4 Å². The second-order valence-corrected chi connectivity index (χ2v) is 28.9. The van der Waals surface area contributed by atoms with E-state index in [1.807, 2.05) is 58.9 Å². The second-order valence-electron chi connectivity index (χ2n) is 15.5. The van der Waals surface area contributed by atoms with Gasteiger partial charge in [0, 0.05) is 45.1 Å². The van der Waals surface area contributed by atoms with Crippen molar-refractivity contribution in [2.24, 2.45) is 0 Å². The van der Waals surface area contributed by atoms with Crippen LogP contribution in [0.4, 0.5) is 0 Å². The van der Waals surface area contributed by atoms with Crippen LogP contribution in [0.25, 0.3) is 12.2 Å². The van der Waals surface area contributed by atoms with Crippen molar-refractivity contribution in [1.82, 2.24) is 0 Å². The highest BCUT2D eigenvalue weighted by Crippen LogP contribution is 2.25. The van der Waals surface area contributed by atoms with E-state index in [2.05, 4.69) is 178 Å². The second kappa shape index (κ2) is 25.9. The predicted octanol–water partition coefficient (Wildman–Crippen LogP) is 9.58. The molecular weight excluding hydrogens is 869 g/mol. The monoisotopic (exact) mass is 938 g/mol. The summed E-state index contributed by atoms with van der Waals surface area (Å²) in [7, 11) is -10.9. The van der Waals surface area contributed by atoms with E-state index in [1.54, 1.807) is 0 Å². The first-order chi connectivity index (χ1) is 31.8. The van der Waals surface area contributed by atoms with E-state index >= 15 is 0 Å². The van der Waals surface area contributed by atoms with Gasteiger partial charge >= 0.3 is 17.6 Å². The predicted molar refractivity (Wildman–Crippen MR) is 284 cm³/mol. The van der Waals surface area contributed by atoms with E-state index in [0.29, 0.717) is 39.1 Å². The van der Waals surface area contributed by atoms with E-state index in [4.69, 9.17) is 26.2 Å². The molecule has 6 aromatic carbocycles. The summed E-state index contributed by atoms with van der Waals surface area (Å²) in [6, 6.07) is 63.3. The first kappa shape index (κ1) is 51.4. The first-order valence-electron chi connectivity index (χ1n) is 23.4. The van der Waals surface area contributed by atoms with Crippen LogP contribution in [0.3, 0.4) is 0 Å². The average Bonchev–Trinajstić information content (AvgIpc) is 3.36. The molecule has 0 heterocycles. The Balaban J connectivity index is 0.000000245. The van der Waals surface area contributed by atoms with Gasteiger partial charge in [-0.3, -0.25) is 0 Å². The third-order valence-electron chi connectivity index (χ3n) is 11.7. The lowest BCUT2D eigenvalue weighted by molar-refractivity contribution is 0.0711. The lowest BCUT2D eigenvalue weighted by Gasteiger charge is -2.40. The quantitative estimate of drug-likeness (QED) is 0.0422. The Bertz CT molecular complexity index is 2180. The van der Waals surface area contributed by atoms with Gasteiger partial charge in [0.05, 0.1) is 0 Å². The molecule has 6 rings (SSSR count). The molecule has 0 aliphatic heterocycles. The van der Waals surface area contributed by atoms with Crippen molar-refractivity contribution in [2.45, 2.75) is 66.1 Å². The van der Waals surface area contributed by atoms with Crippen LogP contribution in [0.2, 0.25) is 18.1 Å². The minimum atomic E-state index is -2.93. The number of rotatable bonds is 25. The summed E-state index contributed by atoms with van der Waals surface area (Å²) in [4.78, 5) is 0. The molecule has 0 N–H and O–H groups in total. The summed E-state index contributed by atoms with van der Waals surface area (Å²) in [5.74, 6) is 0. The van der Waals surface area contributed by atoms with Crippen LogP contribution >= 0.6 is 0 Å². The maximum absolute atomic E-state index is 7.30. The highest BCUT2D eigenvalue weighted by molar-refractivity contribution is 7.11. The smallest absolute Gasteiger partial charge is 0.403 e. The van der Waals surface area contributed by atoms with Gasteiger partial charge < -0.3 is 26.2 Å².